The van der Waals surface area contributed by atoms with E-state index in [0.29, 0.717) is 10.7 Å². The lowest BCUT2D eigenvalue weighted by Crippen LogP contribution is -2.27. The smallest absolute Gasteiger partial charge is 0.335 e. The van der Waals surface area contributed by atoms with E-state index in [-0.39, 0.29) is 16.7 Å². The first-order chi connectivity index (χ1) is 9.06. The third-order valence-electron chi connectivity index (χ3n) is 2.88. The van der Waals surface area contributed by atoms with Crippen LogP contribution in [0.15, 0.2) is 18.2 Å². The predicted molar refractivity (Wildman–Crippen MR) is 77.1 cm³/mol. The van der Waals surface area contributed by atoms with Crippen molar-refractivity contribution in [2.24, 2.45) is 0 Å². The second kappa shape index (κ2) is 6.30. The molecule has 1 atom stereocenters. The van der Waals surface area contributed by atoms with Crippen molar-refractivity contribution >= 4 is 40.9 Å². The van der Waals surface area contributed by atoms with Crippen LogP contribution >= 0.6 is 23.4 Å². The van der Waals surface area contributed by atoms with Gasteiger partial charge in [-0.25, -0.2) is 4.79 Å². The lowest BCUT2D eigenvalue weighted by molar-refractivity contribution is -0.115. The van der Waals surface area contributed by atoms with E-state index in [0.717, 1.165) is 25.0 Å². The highest BCUT2D eigenvalue weighted by Gasteiger charge is 2.22. The first-order valence-electron chi connectivity index (χ1n) is 6.02. The van der Waals surface area contributed by atoms with Crippen molar-refractivity contribution in [3.8, 4) is 0 Å². The van der Waals surface area contributed by atoms with Gasteiger partial charge in [0.1, 0.15) is 0 Å². The van der Waals surface area contributed by atoms with Gasteiger partial charge in [-0.1, -0.05) is 18.0 Å². The molecule has 1 fully saturated rings. The van der Waals surface area contributed by atoms with Gasteiger partial charge in [0.15, 0.2) is 0 Å². The summed E-state index contributed by atoms with van der Waals surface area (Å²) in [5.74, 6) is -0.151. The van der Waals surface area contributed by atoms with Crippen LogP contribution in [-0.4, -0.2) is 28.0 Å². The molecule has 2 N–H and O–H groups in total. The Balaban J connectivity index is 2.09. The van der Waals surface area contributed by atoms with E-state index in [1.54, 1.807) is 17.8 Å². The van der Waals surface area contributed by atoms with Crippen LogP contribution in [0.5, 0.6) is 0 Å². The van der Waals surface area contributed by atoms with Crippen LogP contribution in [0.4, 0.5) is 5.69 Å². The van der Waals surface area contributed by atoms with Crippen molar-refractivity contribution in [1.29, 1.82) is 0 Å². The lowest BCUT2D eigenvalue weighted by atomic mass is 10.1. The molecule has 1 aromatic carbocycles. The number of carbonyl (C=O) groups excluding carboxylic acids is 1. The first-order valence-corrected chi connectivity index (χ1v) is 7.45. The minimum atomic E-state index is -1.06. The van der Waals surface area contributed by atoms with Gasteiger partial charge in [-0.2, -0.15) is 0 Å². The fraction of sp³-hybridized carbons (Fsp3) is 0.385. The standard InChI is InChI=1S/C13H14ClNO3S/c14-9-5-8(13(17)18)6-10(7-9)15-12(16)11-3-1-2-4-19-11/h5-7,11H,1-4H2,(H,15,16)(H,17,18). The van der Waals surface area contributed by atoms with Crippen LogP contribution in [-0.2, 0) is 4.79 Å². The number of carboxylic acid groups (broad SMARTS) is 1. The molecule has 1 saturated heterocycles. The molecule has 0 spiro atoms. The van der Waals surface area contributed by atoms with Gasteiger partial charge in [0.05, 0.1) is 10.8 Å². The summed E-state index contributed by atoms with van der Waals surface area (Å²) >= 11 is 7.49. The van der Waals surface area contributed by atoms with Crippen LogP contribution in [0.3, 0.4) is 0 Å². The quantitative estimate of drug-likeness (QED) is 0.899. The molecule has 2 rings (SSSR count). The van der Waals surface area contributed by atoms with Crippen LogP contribution in [0, 0.1) is 0 Å². The molecule has 0 aliphatic carbocycles. The average molecular weight is 300 g/mol. The van der Waals surface area contributed by atoms with E-state index >= 15 is 0 Å². The Morgan fingerprint density at radius 3 is 2.74 bits per heavy atom. The molecule has 0 radical (unpaired) electrons. The summed E-state index contributed by atoms with van der Waals surface area (Å²) in [5, 5.41) is 11.9. The summed E-state index contributed by atoms with van der Waals surface area (Å²) in [6.07, 6.45) is 3.07. The Hall–Kier alpha value is -1.20. The van der Waals surface area contributed by atoms with Gasteiger partial charge in [-0.05, 0) is 36.8 Å². The Labute approximate surface area is 120 Å². The molecule has 4 nitrogen and oxygen atoms in total. The molecule has 6 heteroatoms. The van der Waals surface area contributed by atoms with E-state index < -0.39 is 5.97 Å². The third-order valence-corrected chi connectivity index (χ3v) is 4.48. The summed E-state index contributed by atoms with van der Waals surface area (Å²) in [4.78, 5) is 23.0. The molecule has 0 bridgehead atoms. The zero-order valence-electron chi connectivity index (χ0n) is 10.2. The third kappa shape index (κ3) is 3.88. The molecule has 1 aromatic rings. The van der Waals surface area contributed by atoms with Gasteiger partial charge in [0.25, 0.3) is 0 Å². The van der Waals surface area contributed by atoms with Gasteiger partial charge in [0.2, 0.25) is 5.91 Å². The van der Waals surface area contributed by atoms with E-state index in [1.807, 2.05) is 0 Å². The summed E-state index contributed by atoms with van der Waals surface area (Å²) < 4.78 is 0. The number of carboxylic acids is 1. The SMILES string of the molecule is O=C(O)c1cc(Cl)cc(NC(=O)C2CCCCS2)c1. The number of aromatic carboxylic acids is 1. The number of hydrogen-bond acceptors (Lipinski definition) is 3. The molecule has 1 aliphatic heterocycles. The highest BCUT2D eigenvalue weighted by atomic mass is 35.5. The monoisotopic (exact) mass is 299 g/mol. The zero-order valence-corrected chi connectivity index (χ0v) is 11.8. The van der Waals surface area contributed by atoms with Crippen LogP contribution in [0.1, 0.15) is 29.6 Å². The van der Waals surface area contributed by atoms with E-state index in [1.165, 1.54) is 12.1 Å². The topological polar surface area (TPSA) is 66.4 Å². The maximum atomic E-state index is 12.0. The molecule has 1 unspecified atom stereocenters. The Morgan fingerprint density at radius 1 is 1.32 bits per heavy atom. The van der Waals surface area contributed by atoms with Crippen molar-refractivity contribution in [3.05, 3.63) is 28.8 Å². The number of benzene rings is 1. The fourth-order valence-corrected chi connectivity index (χ4v) is 3.39. The highest BCUT2D eigenvalue weighted by Crippen LogP contribution is 2.27. The number of carbonyl (C=O) groups is 2. The van der Waals surface area contributed by atoms with Gasteiger partial charge < -0.3 is 10.4 Å². The van der Waals surface area contributed by atoms with Gasteiger partial charge in [-0.15, -0.1) is 11.8 Å². The number of anilines is 1. The van der Waals surface area contributed by atoms with Crippen LogP contribution in [0.25, 0.3) is 0 Å². The molecular formula is C13H14ClNO3S. The van der Waals surface area contributed by atoms with Gasteiger partial charge in [0, 0.05) is 10.7 Å². The number of hydrogen-bond donors (Lipinski definition) is 2. The Bertz CT molecular complexity index is 501. The summed E-state index contributed by atoms with van der Waals surface area (Å²) in [6.45, 7) is 0. The summed E-state index contributed by atoms with van der Waals surface area (Å²) in [5.41, 5.74) is 0.500. The zero-order chi connectivity index (χ0) is 13.8. The molecule has 1 aliphatic rings. The Morgan fingerprint density at radius 2 is 2.11 bits per heavy atom. The maximum Gasteiger partial charge on any atom is 0.335 e. The highest BCUT2D eigenvalue weighted by molar-refractivity contribution is 8.00. The molecule has 1 amide bonds. The largest absolute Gasteiger partial charge is 0.478 e. The number of thioether (sulfide) groups is 1. The van der Waals surface area contributed by atoms with Crippen molar-refractivity contribution in [2.45, 2.75) is 24.5 Å². The molecular weight excluding hydrogens is 286 g/mol. The Kier molecular flexibility index (Phi) is 4.71. The number of rotatable bonds is 3. The number of halogens is 1. The van der Waals surface area contributed by atoms with E-state index in [2.05, 4.69) is 5.32 Å². The van der Waals surface area contributed by atoms with Gasteiger partial charge >= 0.3 is 5.97 Å². The maximum absolute atomic E-state index is 12.0. The summed E-state index contributed by atoms with van der Waals surface area (Å²) in [6, 6.07) is 4.33. The minimum Gasteiger partial charge on any atom is -0.478 e. The average Bonchev–Trinajstić information content (AvgIpc) is 2.39. The first kappa shape index (κ1) is 14.2. The molecule has 0 aromatic heterocycles. The van der Waals surface area contributed by atoms with Crippen LogP contribution in [0.2, 0.25) is 5.02 Å². The normalized spacial score (nSPS) is 18.9. The second-order valence-corrected chi connectivity index (χ2v) is 6.13. The van der Waals surface area contributed by atoms with Gasteiger partial charge in [-0.3, -0.25) is 4.79 Å². The molecule has 19 heavy (non-hydrogen) atoms. The molecule has 102 valence electrons. The van der Waals surface area contributed by atoms with E-state index in [9.17, 15) is 9.59 Å². The van der Waals surface area contributed by atoms with Crippen molar-refractivity contribution in [3.63, 3.8) is 0 Å². The van der Waals surface area contributed by atoms with Crippen molar-refractivity contribution in [2.75, 3.05) is 11.1 Å². The van der Waals surface area contributed by atoms with Crippen molar-refractivity contribution in [1.82, 2.24) is 0 Å². The van der Waals surface area contributed by atoms with E-state index in [4.69, 9.17) is 16.7 Å². The predicted octanol–water partition coefficient (Wildman–Crippen LogP) is 3.26. The lowest BCUT2D eigenvalue weighted by Gasteiger charge is -2.20. The second-order valence-electron chi connectivity index (χ2n) is 4.38. The molecule has 0 saturated carbocycles. The van der Waals surface area contributed by atoms with Crippen molar-refractivity contribution < 1.29 is 14.7 Å². The minimum absolute atomic E-state index is 0.0546. The number of amides is 1. The summed E-state index contributed by atoms with van der Waals surface area (Å²) in [7, 11) is 0. The van der Waals surface area contributed by atoms with Crippen LogP contribution < -0.4 is 5.32 Å². The molecule has 1 heterocycles. The number of nitrogens with one attached hydrogen (secondary N) is 1. The fourth-order valence-electron chi connectivity index (χ4n) is 1.96.